The monoisotopic (exact) mass is 319 g/mol. The second-order valence-electron chi connectivity index (χ2n) is 5.17. The summed E-state index contributed by atoms with van der Waals surface area (Å²) >= 11 is 5.88. The van der Waals surface area contributed by atoms with Gasteiger partial charge in [-0.1, -0.05) is 29.8 Å². The summed E-state index contributed by atoms with van der Waals surface area (Å²) in [5, 5.41) is 0.659. The van der Waals surface area contributed by atoms with Crippen LogP contribution in [0, 0.1) is 5.82 Å². The minimum atomic E-state index is -0.409. The Hall–Kier alpha value is -1.91. The van der Waals surface area contributed by atoms with Gasteiger partial charge in [-0.15, -0.1) is 0 Å². The van der Waals surface area contributed by atoms with E-state index >= 15 is 0 Å². The number of nitrogens with zero attached hydrogens (tertiary/aromatic N) is 1. The SMILES string of the molecule is O=C(c1cccc(F)c1)N1CCOC(c2ccc(Cl)cc2)C1. The van der Waals surface area contributed by atoms with Gasteiger partial charge in [0.1, 0.15) is 11.9 Å². The van der Waals surface area contributed by atoms with Gasteiger partial charge in [-0.25, -0.2) is 4.39 Å². The van der Waals surface area contributed by atoms with Gasteiger partial charge in [0.2, 0.25) is 0 Å². The molecule has 1 aliphatic rings. The van der Waals surface area contributed by atoms with Gasteiger partial charge < -0.3 is 9.64 Å². The summed E-state index contributed by atoms with van der Waals surface area (Å²) in [7, 11) is 0. The lowest BCUT2D eigenvalue weighted by Crippen LogP contribution is -2.42. The van der Waals surface area contributed by atoms with Crippen molar-refractivity contribution in [2.45, 2.75) is 6.10 Å². The van der Waals surface area contributed by atoms with Crippen molar-refractivity contribution >= 4 is 17.5 Å². The van der Waals surface area contributed by atoms with E-state index < -0.39 is 5.82 Å². The molecule has 2 aromatic rings. The van der Waals surface area contributed by atoms with E-state index in [2.05, 4.69) is 0 Å². The number of benzene rings is 2. The molecule has 1 unspecified atom stereocenters. The van der Waals surface area contributed by atoms with Crippen molar-refractivity contribution in [2.24, 2.45) is 0 Å². The molecule has 22 heavy (non-hydrogen) atoms. The molecule has 2 aromatic carbocycles. The normalized spacial score (nSPS) is 18.3. The first-order valence-electron chi connectivity index (χ1n) is 7.05. The average Bonchev–Trinajstić information content (AvgIpc) is 2.55. The average molecular weight is 320 g/mol. The zero-order valence-electron chi connectivity index (χ0n) is 11.8. The molecule has 1 aliphatic heterocycles. The third kappa shape index (κ3) is 3.29. The van der Waals surface area contributed by atoms with Crippen LogP contribution in [0.3, 0.4) is 0 Å². The van der Waals surface area contributed by atoms with Crippen LogP contribution in [-0.2, 0) is 4.74 Å². The molecule has 1 atom stereocenters. The molecule has 0 radical (unpaired) electrons. The summed E-state index contributed by atoms with van der Waals surface area (Å²) in [6.07, 6.45) is -0.191. The molecule has 1 amide bonds. The number of ether oxygens (including phenoxy) is 1. The second kappa shape index (κ2) is 6.46. The van der Waals surface area contributed by atoms with Crippen molar-refractivity contribution in [3.05, 3.63) is 70.5 Å². The quantitative estimate of drug-likeness (QED) is 0.845. The topological polar surface area (TPSA) is 29.5 Å². The maximum atomic E-state index is 13.3. The summed E-state index contributed by atoms with van der Waals surface area (Å²) in [5.41, 5.74) is 1.33. The maximum absolute atomic E-state index is 13.3. The molecule has 1 fully saturated rings. The highest BCUT2D eigenvalue weighted by Crippen LogP contribution is 2.24. The molecule has 0 saturated carbocycles. The number of hydrogen-bond donors (Lipinski definition) is 0. The Morgan fingerprint density at radius 2 is 2.00 bits per heavy atom. The number of amides is 1. The zero-order valence-corrected chi connectivity index (χ0v) is 12.6. The number of morpholine rings is 1. The molecule has 0 bridgehead atoms. The highest BCUT2D eigenvalue weighted by atomic mass is 35.5. The van der Waals surface area contributed by atoms with E-state index in [-0.39, 0.29) is 12.0 Å². The van der Waals surface area contributed by atoms with Gasteiger partial charge in [0, 0.05) is 17.1 Å². The maximum Gasteiger partial charge on any atom is 0.254 e. The molecular formula is C17H15ClFNO2. The molecule has 3 nitrogen and oxygen atoms in total. The van der Waals surface area contributed by atoms with E-state index in [0.29, 0.717) is 30.3 Å². The highest BCUT2D eigenvalue weighted by molar-refractivity contribution is 6.30. The van der Waals surface area contributed by atoms with Crippen LogP contribution in [0.15, 0.2) is 48.5 Å². The Bertz CT molecular complexity index is 675. The van der Waals surface area contributed by atoms with E-state index in [4.69, 9.17) is 16.3 Å². The Morgan fingerprint density at radius 3 is 2.73 bits per heavy atom. The van der Waals surface area contributed by atoms with E-state index in [0.717, 1.165) is 5.56 Å². The summed E-state index contributed by atoms with van der Waals surface area (Å²) in [6, 6.07) is 13.1. The molecule has 114 valence electrons. The van der Waals surface area contributed by atoms with Gasteiger partial charge in [0.25, 0.3) is 5.91 Å². The van der Waals surface area contributed by atoms with Gasteiger partial charge in [0.15, 0.2) is 0 Å². The Balaban J connectivity index is 1.75. The highest BCUT2D eigenvalue weighted by Gasteiger charge is 2.26. The third-order valence-electron chi connectivity index (χ3n) is 3.67. The van der Waals surface area contributed by atoms with Crippen LogP contribution < -0.4 is 0 Å². The molecule has 1 saturated heterocycles. The van der Waals surface area contributed by atoms with Gasteiger partial charge in [-0.2, -0.15) is 0 Å². The fraction of sp³-hybridized carbons (Fsp3) is 0.235. The first-order valence-corrected chi connectivity index (χ1v) is 7.43. The van der Waals surface area contributed by atoms with Crippen LogP contribution in [0.25, 0.3) is 0 Å². The van der Waals surface area contributed by atoms with Crippen LogP contribution in [0.4, 0.5) is 4.39 Å². The van der Waals surface area contributed by atoms with E-state index in [9.17, 15) is 9.18 Å². The van der Waals surface area contributed by atoms with E-state index in [1.807, 2.05) is 12.1 Å². The standard InChI is InChI=1S/C17H15ClFNO2/c18-14-6-4-12(5-7-14)16-11-20(8-9-22-16)17(21)13-2-1-3-15(19)10-13/h1-7,10,16H,8-9,11H2. The van der Waals surface area contributed by atoms with Crippen LogP contribution in [0.5, 0.6) is 0 Å². The predicted molar refractivity (Wildman–Crippen MR) is 82.4 cm³/mol. The van der Waals surface area contributed by atoms with Gasteiger partial charge in [-0.05, 0) is 35.9 Å². The molecule has 0 aromatic heterocycles. The van der Waals surface area contributed by atoms with E-state index in [1.165, 1.54) is 12.1 Å². The van der Waals surface area contributed by atoms with Crippen molar-refractivity contribution in [1.29, 1.82) is 0 Å². The predicted octanol–water partition coefficient (Wildman–Crippen LogP) is 3.69. The number of halogens is 2. The number of hydrogen-bond acceptors (Lipinski definition) is 2. The molecule has 0 spiro atoms. The Labute approximate surface area is 133 Å². The molecule has 5 heteroatoms. The third-order valence-corrected chi connectivity index (χ3v) is 3.92. The fourth-order valence-corrected chi connectivity index (χ4v) is 2.64. The van der Waals surface area contributed by atoms with Crippen molar-refractivity contribution in [2.75, 3.05) is 19.7 Å². The Kier molecular flexibility index (Phi) is 4.41. The van der Waals surface area contributed by atoms with Crippen LogP contribution >= 0.6 is 11.6 Å². The number of rotatable bonds is 2. The molecule has 0 N–H and O–H groups in total. The van der Waals surface area contributed by atoms with Crippen LogP contribution in [-0.4, -0.2) is 30.5 Å². The smallest absolute Gasteiger partial charge is 0.254 e. The lowest BCUT2D eigenvalue weighted by Gasteiger charge is -2.33. The fourth-order valence-electron chi connectivity index (χ4n) is 2.52. The van der Waals surface area contributed by atoms with Crippen molar-refractivity contribution < 1.29 is 13.9 Å². The Morgan fingerprint density at radius 1 is 1.23 bits per heavy atom. The summed E-state index contributed by atoms with van der Waals surface area (Å²) in [5.74, 6) is -0.588. The minimum Gasteiger partial charge on any atom is -0.370 e. The number of carbonyl (C=O) groups is 1. The summed E-state index contributed by atoms with van der Waals surface area (Å²) in [6.45, 7) is 1.39. The molecule has 0 aliphatic carbocycles. The van der Waals surface area contributed by atoms with Crippen molar-refractivity contribution in [3.63, 3.8) is 0 Å². The molecular weight excluding hydrogens is 305 g/mol. The van der Waals surface area contributed by atoms with Gasteiger partial charge >= 0.3 is 0 Å². The lowest BCUT2D eigenvalue weighted by atomic mass is 10.1. The van der Waals surface area contributed by atoms with E-state index in [1.54, 1.807) is 29.2 Å². The molecule has 3 rings (SSSR count). The zero-order chi connectivity index (χ0) is 15.5. The minimum absolute atomic E-state index is 0.179. The van der Waals surface area contributed by atoms with Crippen molar-refractivity contribution in [1.82, 2.24) is 4.90 Å². The van der Waals surface area contributed by atoms with Crippen LogP contribution in [0.1, 0.15) is 22.0 Å². The van der Waals surface area contributed by atoms with Gasteiger partial charge in [0.05, 0.1) is 13.2 Å². The van der Waals surface area contributed by atoms with Gasteiger partial charge in [-0.3, -0.25) is 4.79 Å². The first-order chi connectivity index (χ1) is 10.6. The first kappa shape index (κ1) is 15.0. The second-order valence-corrected chi connectivity index (χ2v) is 5.61. The lowest BCUT2D eigenvalue weighted by molar-refractivity contribution is -0.0228. The summed E-state index contributed by atoms with van der Waals surface area (Å²) < 4.78 is 19.0. The summed E-state index contributed by atoms with van der Waals surface area (Å²) in [4.78, 5) is 14.2. The van der Waals surface area contributed by atoms with Crippen molar-refractivity contribution in [3.8, 4) is 0 Å². The number of carbonyl (C=O) groups excluding carboxylic acids is 1. The van der Waals surface area contributed by atoms with Crippen LogP contribution in [0.2, 0.25) is 5.02 Å². The largest absolute Gasteiger partial charge is 0.370 e. The molecule has 1 heterocycles.